The van der Waals surface area contributed by atoms with E-state index in [-0.39, 0.29) is 24.2 Å². The Kier molecular flexibility index (Phi) is 7.32. The first-order valence-corrected chi connectivity index (χ1v) is 12.3. The quantitative estimate of drug-likeness (QED) is 0.204. The van der Waals surface area contributed by atoms with Crippen molar-refractivity contribution in [2.45, 2.75) is 19.3 Å². The number of nitrogens with one attached hydrogen (secondary N) is 1. The number of fused-ring (bicyclic) bond motifs is 1. The molecule has 0 unspecified atom stereocenters. The number of aromatic nitrogens is 1. The highest BCUT2D eigenvalue weighted by molar-refractivity contribution is 6.07. The Morgan fingerprint density at radius 3 is 2.10 bits per heavy atom. The lowest BCUT2D eigenvalue weighted by atomic mass is 9.99. The van der Waals surface area contributed by atoms with Crippen LogP contribution in [0.2, 0.25) is 0 Å². The van der Waals surface area contributed by atoms with Crippen molar-refractivity contribution < 1.29 is 36.6 Å². The summed E-state index contributed by atoms with van der Waals surface area (Å²) in [4.78, 5) is 24.6. The number of carbonyl (C=O) groups is 2. The number of amides is 1. The molecule has 5 aromatic rings. The topological polar surface area (TPSA) is 71.3 Å². The van der Waals surface area contributed by atoms with E-state index in [4.69, 9.17) is 5.11 Å². The first-order chi connectivity index (χ1) is 19.5. The normalized spacial score (nSPS) is 11.5. The standard InChI is InChI=1S/C31H21F5N2O3/c32-26-10-7-21(15-27(26)33)23-13-22-11-12-38(17-19-3-8-24(9-4-19)31(34,35)36)28(22)25(14-23)29(39)37-16-18-1-5-20(6-2-18)30(40)41/h1-15H,16-17H2,(H,37,39)(H,40,41). The van der Waals surface area contributed by atoms with Gasteiger partial charge in [0.2, 0.25) is 0 Å². The van der Waals surface area contributed by atoms with Gasteiger partial charge < -0.3 is 15.0 Å². The van der Waals surface area contributed by atoms with Gasteiger partial charge in [-0.2, -0.15) is 13.2 Å². The van der Waals surface area contributed by atoms with E-state index in [1.54, 1.807) is 41.1 Å². The molecule has 0 aliphatic rings. The number of benzene rings is 4. The van der Waals surface area contributed by atoms with Crippen LogP contribution in [-0.2, 0) is 19.3 Å². The lowest BCUT2D eigenvalue weighted by Crippen LogP contribution is -2.23. The van der Waals surface area contributed by atoms with Gasteiger partial charge in [-0.25, -0.2) is 13.6 Å². The van der Waals surface area contributed by atoms with Gasteiger partial charge in [-0.1, -0.05) is 30.3 Å². The number of alkyl halides is 3. The van der Waals surface area contributed by atoms with Crippen LogP contribution in [0.4, 0.5) is 22.0 Å². The summed E-state index contributed by atoms with van der Waals surface area (Å²) in [5.74, 6) is -3.62. The molecule has 10 heteroatoms. The second-order valence-electron chi connectivity index (χ2n) is 9.41. The second-order valence-corrected chi connectivity index (χ2v) is 9.41. The van der Waals surface area contributed by atoms with E-state index in [1.165, 1.54) is 30.3 Å². The van der Waals surface area contributed by atoms with Crippen molar-refractivity contribution in [1.82, 2.24) is 9.88 Å². The van der Waals surface area contributed by atoms with Crippen LogP contribution in [0.1, 0.15) is 37.4 Å². The van der Waals surface area contributed by atoms with Crippen LogP contribution in [-0.4, -0.2) is 21.6 Å². The van der Waals surface area contributed by atoms with Gasteiger partial charge >= 0.3 is 12.1 Å². The van der Waals surface area contributed by atoms with Crippen LogP contribution in [0.15, 0.2) is 91.1 Å². The third-order valence-electron chi connectivity index (χ3n) is 6.65. The minimum absolute atomic E-state index is 0.0786. The SMILES string of the molecule is O=C(O)c1ccc(CNC(=O)c2cc(-c3ccc(F)c(F)c3)cc3ccn(Cc4ccc(C(F)(F)F)cc4)c23)cc1. The van der Waals surface area contributed by atoms with E-state index >= 15 is 0 Å². The fraction of sp³-hybridized carbons (Fsp3) is 0.0968. The monoisotopic (exact) mass is 564 g/mol. The van der Waals surface area contributed by atoms with Crippen molar-refractivity contribution in [3.8, 4) is 11.1 Å². The molecular weight excluding hydrogens is 543 g/mol. The molecule has 1 amide bonds. The molecule has 0 radical (unpaired) electrons. The average Bonchev–Trinajstić information content (AvgIpc) is 3.35. The molecule has 208 valence electrons. The Morgan fingerprint density at radius 2 is 1.46 bits per heavy atom. The smallest absolute Gasteiger partial charge is 0.416 e. The molecule has 5 nitrogen and oxygen atoms in total. The van der Waals surface area contributed by atoms with Crippen molar-refractivity contribution in [3.05, 3.63) is 131 Å². The molecule has 0 aliphatic heterocycles. The van der Waals surface area contributed by atoms with Crippen molar-refractivity contribution in [2.75, 3.05) is 0 Å². The van der Waals surface area contributed by atoms with Gasteiger partial charge in [0.05, 0.1) is 22.2 Å². The summed E-state index contributed by atoms with van der Waals surface area (Å²) in [6, 6.07) is 19.1. The van der Waals surface area contributed by atoms with Gasteiger partial charge in [0.25, 0.3) is 5.91 Å². The van der Waals surface area contributed by atoms with E-state index in [9.17, 15) is 31.5 Å². The van der Waals surface area contributed by atoms with Crippen molar-refractivity contribution in [3.63, 3.8) is 0 Å². The van der Waals surface area contributed by atoms with Gasteiger partial charge in [-0.3, -0.25) is 4.79 Å². The summed E-state index contributed by atoms with van der Waals surface area (Å²) in [5, 5.41) is 12.5. The van der Waals surface area contributed by atoms with Crippen molar-refractivity contribution in [1.29, 1.82) is 0 Å². The fourth-order valence-corrected chi connectivity index (χ4v) is 4.54. The third kappa shape index (κ3) is 5.96. The van der Waals surface area contributed by atoms with Crippen LogP contribution in [0.25, 0.3) is 22.0 Å². The third-order valence-corrected chi connectivity index (χ3v) is 6.65. The zero-order valence-electron chi connectivity index (χ0n) is 21.2. The van der Waals surface area contributed by atoms with Crippen molar-refractivity contribution >= 4 is 22.8 Å². The summed E-state index contributed by atoms with van der Waals surface area (Å²) < 4.78 is 68.3. The van der Waals surface area contributed by atoms with E-state index in [0.29, 0.717) is 33.2 Å². The Hall–Kier alpha value is -4.99. The Morgan fingerprint density at radius 1 is 0.780 bits per heavy atom. The number of carboxylic acids is 1. The zero-order chi connectivity index (χ0) is 29.3. The number of hydrogen-bond donors (Lipinski definition) is 2. The summed E-state index contributed by atoms with van der Waals surface area (Å²) >= 11 is 0. The molecule has 0 saturated carbocycles. The van der Waals surface area contributed by atoms with Gasteiger partial charge in [0.1, 0.15) is 0 Å². The van der Waals surface area contributed by atoms with Gasteiger partial charge in [-0.15, -0.1) is 0 Å². The first kappa shape index (κ1) is 27.6. The molecular formula is C31H21F5N2O3. The highest BCUT2D eigenvalue weighted by Gasteiger charge is 2.30. The molecule has 0 aliphatic carbocycles. The second kappa shape index (κ2) is 10.9. The van der Waals surface area contributed by atoms with Crippen LogP contribution in [0, 0.1) is 11.6 Å². The molecule has 0 fully saturated rings. The molecule has 5 rings (SSSR count). The fourth-order valence-electron chi connectivity index (χ4n) is 4.54. The minimum Gasteiger partial charge on any atom is -0.478 e. The number of nitrogens with zero attached hydrogens (tertiary/aromatic N) is 1. The highest BCUT2D eigenvalue weighted by atomic mass is 19.4. The maximum absolute atomic E-state index is 14.0. The Labute approximate surface area is 230 Å². The highest BCUT2D eigenvalue weighted by Crippen LogP contribution is 2.32. The van der Waals surface area contributed by atoms with Gasteiger partial charge in [0.15, 0.2) is 11.6 Å². The van der Waals surface area contributed by atoms with Crippen LogP contribution in [0.5, 0.6) is 0 Å². The predicted octanol–water partition coefficient (Wildman–Crippen LogP) is 7.28. The number of carboxylic acid groups (broad SMARTS) is 1. The summed E-state index contributed by atoms with van der Waals surface area (Å²) in [6.45, 7) is 0.248. The number of hydrogen-bond acceptors (Lipinski definition) is 2. The van der Waals surface area contributed by atoms with Crippen LogP contribution < -0.4 is 5.32 Å². The summed E-state index contributed by atoms with van der Waals surface area (Å²) in [5.41, 5.74) is 2.06. The molecule has 4 aromatic carbocycles. The minimum atomic E-state index is -4.46. The largest absolute Gasteiger partial charge is 0.478 e. The Bertz CT molecular complexity index is 1760. The molecule has 0 spiro atoms. The van der Waals surface area contributed by atoms with Crippen LogP contribution in [0.3, 0.4) is 0 Å². The lowest BCUT2D eigenvalue weighted by molar-refractivity contribution is -0.137. The van der Waals surface area contributed by atoms with E-state index in [0.717, 1.165) is 24.3 Å². The first-order valence-electron chi connectivity index (χ1n) is 12.3. The van der Waals surface area contributed by atoms with Gasteiger partial charge in [-0.05, 0) is 76.9 Å². The molecule has 0 bridgehead atoms. The molecule has 1 aromatic heterocycles. The van der Waals surface area contributed by atoms with Crippen molar-refractivity contribution in [2.24, 2.45) is 0 Å². The number of rotatable bonds is 7. The van der Waals surface area contributed by atoms with E-state index in [2.05, 4.69) is 5.32 Å². The predicted molar refractivity (Wildman–Crippen MR) is 142 cm³/mol. The summed E-state index contributed by atoms with van der Waals surface area (Å²) in [7, 11) is 0. The number of carbonyl (C=O) groups excluding carboxylic acids is 1. The van der Waals surface area contributed by atoms with Gasteiger partial charge in [0, 0.05) is 24.7 Å². The number of halogens is 5. The van der Waals surface area contributed by atoms with E-state index in [1.807, 2.05) is 0 Å². The molecule has 0 saturated heterocycles. The van der Waals surface area contributed by atoms with Crippen LogP contribution >= 0.6 is 0 Å². The molecule has 1 heterocycles. The maximum atomic E-state index is 14.0. The average molecular weight is 565 g/mol. The number of aromatic carboxylic acids is 1. The lowest BCUT2D eigenvalue weighted by Gasteiger charge is -2.14. The zero-order valence-corrected chi connectivity index (χ0v) is 21.2. The molecule has 41 heavy (non-hydrogen) atoms. The Balaban J connectivity index is 1.51. The summed E-state index contributed by atoms with van der Waals surface area (Å²) in [6.07, 6.45) is -2.77. The molecule has 2 N–H and O–H groups in total. The molecule has 0 atom stereocenters. The van der Waals surface area contributed by atoms with E-state index < -0.39 is 35.3 Å². The maximum Gasteiger partial charge on any atom is 0.416 e.